The number of carbonyl (C=O) groups is 1. The Kier molecular flexibility index (Phi) is 11.3. The number of ether oxygens (including phenoxy) is 2. The Hall–Kier alpha value is -2.83. The van der Waals surface area contributed by atoms with Crippen molar-refractivity contribution in [3.63, 3.8) is 0 Å². The highest BCUT2D eigenvalue weighted by Gasteiger charge is 2.15. The number of aliphatic hydroxyl groups excluding tert-OH is 2. The fourth-order valence-corrected chi connectivity index (χ4v) is 2.27. The van der Waals surface area contributed by atoms with Gasteiger partial charge in [-0.3, -0.25) is 0 Å². The topological polar surface area (TPSA) is 88.0 Å². The highest BCUT2D eigenvalue weighted by molar-refractivity contribution is 5.70. The lowest BCUT2D eigenvalue weighted by Gasteiger charge is -2.19. The second kappa shape index (κ2) is 13.4. The first-order valence-electron chi connectivity index (χ1n) is 9.96. The van der Waals surface area contributed by atoms with Gasteiger partial charge in [0.15, 0.2) is 0 Å². The number of nitrogens with one attached hydrogen (secondary N) is 1. The van der Waals surface area contributed by atoms with Gasteiger partial charge in [0.05, 0.1) is 19.8 Å². The molecule has 0 atom stereocenters. The van der Waals surface area contributed by atoms with Crippen LogP contribution < -0.4 is 10.1 Å². The fourth-order valence-electron chi connectivity index (χ4n) is 2.27. The molecule has 0 saturated heterocycles. The third kappa shape index (κ3) is 11.2. The number of hydrogen-bond donors (Lipinski definition) is 3. The number of hydrogen-bond acceptors (Lipinski definition) is 5. The summed E-state index contributed by atoms with van der Waals surface area (Å²) in [6.07, 6.45) is 3.71. The molecule has 0 saturated carbocycles. The molecule has 0 aliphatic rings. The number of amides is 1. The number of carbonyl (C=O) groups excluding carboxylic acids is 1. The SMILES string of the molecule is CCOc1ccc(/C=C/c2ccc(CNC(=O)OC(C)(C)C)cc2)cc1.OCCO. The van der Waals surface area contributed by atoms with E-state index in [9.17, 15) is 4.79 Å². The van der Waals surface area contributed by atoms with Crippen LogP contribution in [0.15, 0.2) is 48.5 Å². The third-order valence-corrected chi connectivity index (χ3v) is 3.57. The van der Waals surface area contributed by atoms with Gasteiger partial charge in [-0.15, -0.1) is 0 Å². The summed E-state index contributed by atoms with van der Waals surface area (Å²) in [5.41, 5.74) is 2.75. The summed E-state index contributed by atoms with van der Waals surface area (Å²) in [5, 5.41) is 18.0. The molecule has 2 rings (SSSR count). The molecule has 6 nitrogen and oxygen atoms in total. The summed E-state index contributed by atoms with van der Waals surface area (Å²) in [6.45, 7) is 8.37. The van der Waals surface area contributed by atoms with Gasteiger partial charge in [-0.1, -0.05) is 48.6 Å². The van der Waals surface area contributed by atoms with Crippen molar-refractivity contribution in [2.45, 2.75) is 39.8 Å². The Balaban J connectivity index is 0.00000103. The van der Waals surface area contributed by atoms with E-state index in [0.29, 0.717) is 13.2 Å². The predicted octanol–water partition coefficient (Wildman–Crippen LogP) is 4.25. The van der Waals surface area contributed by atoms with Crippen LogP contribution in [0.5, 0.6) is 5.75 Å². The Morgan fingerprint density at radius 3 is 1.87 bits per heavy atom. The Morgan fingerprint density at radius 2 is 1.43 bits per heavy atom. The largest absolute Gasteiger partial charge is 0.494 e. The summed E-state index contributed by atoms with van der Waals surface area (Å²) in [7, 11) is 0. The van der Waals surface area contributed by atoms with Crippen LogP contribution in [0.25, 0.3) is 12.2 Å². The van der Waals surface area contributed by atoms with Crippen LogP contribution in [-0.4, -0.2) is 41.7 Å². The predicted molar refractivity (Wildman–Crippen MR) is 120 cm³/mol. The summed E-state index contributed by atoms with van der Waals surface area (Å²) in [4.78, 5) is 11.7. The van der Waals surface area contributed by atoms with E-state index in [1.54, 1.807) is 0 Å². The lowest BCUT2D eigenvalue weighted by Crippen LogP contribution is -2.32. The minimum atomic E-state index is -0.487. The van der Waals surface area contributed by atoms with Crippen LogP contribution in [0.4, 0.5) is 4.79 Å². The lowest BCUT2D eigenvalue weighted by molar-refractivity contribution is 0.0523. The molecular formula is C24H33NO5. The van der Waals surface area contributed by atoms with Gasteiger partial charge in [0.25, 0.3) is 0 Å². The molecule has 1 amide bonds. The molecule has 0 aliphatic carbocycles. The molecule has 0 heterocycles. The molecule has 0 spiro atoms. The number of alkyl carbamates (subject to hydrolysis) is 1. The average Bonchev–Trinajstić information content (AvgIpc) is 2.72. The van der Waals surface area contributed by atoms with Gasteiger partial charge in [-0.2, -0.15) is 0 Å². The first-order chi connectivity index (χ1) is 14.3. The van der Waals surface area contributed by atoms with Gasteiger partial charge in [-0.25, -0.2) is 4.79 Å². The standard InChI is InChI=1S/C22H27NO3.C2H6O2/c1-5-25-20-14-12-18(13-15-20)7-6-17-8-10-19(11-9-17)16-23-21(24)26-22(2,3)4;3-1-2-4/h6-15H,5,16H2,1-4H3,(H,23,24);3-4H,1-2H2/b7-6+;. The first-order valence-corrected chi connectivity index (χ1v) is 9.96. The molecule has 0 unspecified atom stereocenters. The van der Waals surface area contributed by atoms with E-state index in [1.807, 2.05) is 76.2 Å². The van der Waals surface area contributed by atoms with E-state index in [4.69, 9.17) is 19.7 Å². The summed E-state index contributed by atoms with van der Waals surface area (Å²) >= 11 is 0. The summed E-state index contributed by atoms with van der Waals surface area (Å²) in [6, 6.07) is 16.0. The second-order valence-electron chi connectivity index (χ2n) is 7.38. The van der Waals surface area contributed by atoms with Gasteiger partial charge in [-0.05, 0) is 56.5 Å². The molecule has 0 aromatic heterocycles. The normalized spacial score (nSPS) is 10.9. The van der Waals surface area contributed by atoms with Crippen molar-refractivity contribution in [3.8, 4) is 5.75 Å². The molecule has 3 N–H and O–H groups in total. The highest BCUT2D eigenvalue weighted by atomic mass is 16.6. The molecule has 6 heteroatoms. The van der Waals surface area contributed by atoms with Crippen molar-refractivity contribution in [2.24, 2.45) is 0 Å². The van der Waals surface area contributed by atoms with Crippen LogP contribution >= 0.6 is 0 Å². The maximum absolute atomic E-state index is 11.7. The summed E-state index contributed by atoms with van der Waals surface area (Å²) in [5.74, 6) is 0.881. The minimum absolute atomic E-state index is 0.125. The van der Waals surface area contributed by atoms with Crippen molar-refractivity contribution in [3.05, 3.63) is 65.2 Å². The number of benzene rings is 2. The molecule has 0 aliphatic heterocycles. The molecular weight excluding hydrogens is 382 g/mol. The average molecular weight is 416 g/mol. The molecule has 0 bridgehead atoms. The first kappa shape index (κ1) is 25.2. The highest BCUT2D eigenvalue weighted by Crippen LogP contribution is 2.15. The van der Waals surface area contributed by atoms with E-state index in [-0.39, 0.29) is 13.2 Å². The lowest BCUT2D eigenvalue weighted by atomic mass is 10.1. The number of rotatable bonds is 7. The van der Waals surface area contributed by atoms with Crippen molar-refractivity contribution in [1.29, 1.82) is 0 Å². The van der Waals surface area contributed by atoms with E-state index >= 15 is 0 Å². The zero-order chi connectivity index (χ0) is 22.4. The van der Waals surface area contributed by atoms with Gasteiger partial charge in [0.1, 0.15) is 11.4 Å². The Morgan fingerprint density at radius 1 is 0.933 bits per heavy atom. The second-order valence-corrected chi connectivity index (χ2v) is 7.38. The monoisotopic (exact) mass is 415 g/mol. The summed E-state index contributed by atoms with van der Waals surface area (Å²) < 4.78 is 10.7. The molecule has 0 fully saturated rings. The van der Waals surface area contributed by atoms with Crippen molar-refractivity contribution >= 4 is 18.2 Å². The maximum atomic E-state index is 11.7. The zero-order valence-corrected chi connectivity index (χ0v) is 18.2. The number of aliphatic hydroxyl groups is 2. The third-order valence-electron chi connectivity index (χ3n) is 3.57. The van der Waals surface area contributed by atoms with E-state index in [1.165, 1.54) is 0 Å². The smallest absolute Gasteiger partial charge is 0.407 e. The molecule has 0 radical (unpaired) electrons. The van der Waals surface area contributed by atoms with E-state index in [2.05, 4.69) is 17.5 Å². The maximum Gasteiger partial charge on any atom is 0.407 e. The van der Waals surface area contributed by atoms with Crippen LogP contribution in [0.1, 0.15) is 44.4 Å². The molecule has 2 aromatic carbocycles. The van der Waals surface area contributed by atoms with Crippen LogP contribution in [-0.2, 0) is 11.3 Å². The minimum Gasteiger partial charge on any atom is -0.494 e. The van der Waals surface area contributed by atoms with Crippen molar-refractivity contribution < 1.29 is 24.5 Å². The van der Waals surface area contributed by atoms with Crippen LogP contribution in [0.2, 0.25) is 0 Å². The molecule has 30 heavy (non-hydrogen) atoms. The fraction of sp³-hybridized carbons (Fsp3) is 0.375. The Labute approximate surface area is 179 Å². The van der Waals surface area contributed by atoms with Gasteiger partial charge < -0.3 is 25.0 Å². The van der Waals surface area contributed by atoms with Crippen molar-refractivity contribution in [2.75, 3.05) is 19.8 Å². The Bertz CT molecular complexity index is 760. The molecule has 2 aromatic rings. The van der Waals surface area contributed by atoms with Gasteiger partial charge >= 0.3 is 6.09 Å². The van der Waals surface area contributed by atoms with Crippen molar-refractivity contribution in [1.82, 2.24) is 5.32 Å². The molecule has 164 valence electrons. The van der Waals surface area contributed by atoms with Gasteiger partial charge in [0.2, 0.25) is 0 Å². The van der Waals surface area contributed by atoms with E-state index in [0.717, 1.165) is 22.4 Å². The van der Waals surface area contributed by atoms with Gasteiger partial charge in [0, 0.05) is 6.54 Å². The zero-order valence-electron chi connectivity index (χ0n) is 18.2. The van der Waals surface area contributed by atoms with Crippen LogP contribution in [0.3, 0.4) is 0 Å². The quantitative estimate of drug-likeness (QED) is 0.589. The van der Waals surface area contributed by atoms with E-state index < -0.39 is 11.7 Å². The van der Waals surface area contributed by atoms with Crippen LogP contribution in [0, 0.1) is 0 Å².